The number of benzene rings is 2. The van der Waals surface area contributed by atoms with Crippen LogP contribution in [0, 0.1) is 30.0 Å². The standard InChI is InChI=1S/C26H31FN4O2/c1-17(2)23(29-24(32)21-7-5-6-18(3)22(21)27)25(33)31-14-12-26(4,13-15-31)30-20-10-8-19(16-28)9-11-20/h5-11,17,23,30H,12-15H2,1-4H3,(H,29,32)/t23-/m1/s1. The number of halogens is 1. The van der Waals surface area contributed by atoms with E-state index >= 15 is 0 Å². The fraction of sp³-hybridized carbons (Fsp3) is 0.423. The zero-order valence-electron chi connectivity index (χ0n) is 19.6. The number of anilines is 1. The molecule has 2 N–H and O–H groups in total. The Morgan fingerprint density at radius 2 is 1.76 bits per heavy atom. The van der Waals surface area contributed by atoms with Gasteiger partial charge in [-0.2, -0.15) is 5.26 Å². The number of carbonyl (C=O) groups is 2. The fourth-order valence-electron chi connectivity index (χ4n) is 4.07. The number of aryl methyl sites for hydroxylation is 1. The van der Waals surface area contributed by atoms with E-state index in [2.05, 4.69) is 23.6 Å². The van der Waals surface area contributed by atoms with Gasteiger partial charge in [-0.05, 0) is 68.5 Å². The van der Waals surface area contributed by atoms with Gasteiger partial charge in [0.25, 0.3) is 5.91 Å². The van der Waals surface area contributed by atoms with Crippen LogP contribution in [0.15, 0.2) is 42.5 Å². The molecule has 0 spiro atoms. The quantitative estimate of drug-likeness (QED) is 0.689. The second-order valence-corrected chi connectivity index (χ2v) is 9.33. The van der Waals surface area contributed by atoms with E-state index in [0.29, 0.717) is 24.2 Å². The topological polar surface area (TPSA) is 85.2 Å². The smallest absolute Gasteiger partial charge is 0.254 e. The highest BCUT2D eigenvalue weighted by atomic mass is 19.1. The lowest BCUT2D eigenvalue weighted by molar-refractivity contribution is -0.135. The summed E-state index contributed by atoms with van der Waals surface area (Å²) in [7, 11) is 0. The van der Waals surface area contributed by atoms with Crippen LogP contribution in [0.2, 0.25) is 0 Å². The van der Waals surface area contributed by atoms with Crippen molar-refractivity contribution in [3.05, 3.63) is 65.0 Å². The van der Waals surface area contributed by atoms with Gasteiger partial charge in [0, 0.05) is 24.3 Å². The molecule has 0 bridgehead atoms. The number of carbonyl (C=O) groups excluding carboxylic acids is 2. The number of rotatable bonds is 6. The van der Waals surface area contributed by atoms with Crippen molar-refractivity contribution >= 4 is 17.5 Å². The van der Waals surface area contributed by atoms with Crippen LogP contribution in [0.5, 0.6) is 0 Å². The van der Waals surface area contributed by atoms with E-state index < -0.39 is 17.8 Å². The van der Waals surface area contributed by atoms with E-state index in [-0.39, 0.29) is 22.9 Å². The maximum absolute atomic E-state index is 14.4. The number of likely N-dealkylation sites (tertiary alicyclic amines) is 1. The van der Waals surface area contributed by atoms with Gasteiger partial charge in [-0.1, -0.05) is 26.0 Å². The van der Waals surface area contributed by atoms with Crippen molar-refractivity contribution < 1.29 is 14.0 Å². The van der Waals surface area contributed by atoms with Gasteiger partial charge in [-0.15, -0.1) is 0 Å². The van der Waals surface area contributed by atoms with Crippen LogP contribution in [0.3, 0.4) is 0 Å². The average molecular weight is 451 g/mol. The largest absolute Gasteiger partial charge is 0.380 e. The first-order chi connectivity index (χ1) is 15.6. The number of piperidine rings is 1. The Balaban J connectivity index is 1.63. The van der Waals surface area contributed by atoms with Gasteiger partial charge >= 0.3 is 0 Å². The summed E-state index contributed by atoms with van der Waals surface area (Å²) in [6.45, 7) is 8.57. The molecule has 0 aliphatic carbocycles. The summed E-state index contributed by atoms with van der Waals surface area (Å²) < 4.78 is 14.4. The Morgan fingerprint density at radius 1 is 1.12 bits per heavy atom. The van der Waals surface area contributed by atoms with Crippen LogP contribution in [-0.4, -0.2) is 41.4 Å². The highest BCUT2D eigenvalue weighted by Crippen LogP contribution is 2.27. The maximum Gasteiger partial charge on any atom is 0.254 e. The van der Waals surface area contributed by atoms with Crippen molar-refractivity contribution in [3.8, 4) is 6.07 Å². The Labute approximate surface area is 194 Å². The first-order valence-electron chi connectivity index (χ1n) is 11.3. The SMILES string of the molecule is Cc1cccc(C(=O)N[C@@H](C(=O)N2CCC(C)(Nc3ccc(C#N)cc3)CC2)C(C)C)c1F. The minimum atomic E-state index is -0.728. The van der Waals surface area contributed by atoms with Crippen molar-refractivity contribution in [3.63, 3.8) is 0 Å². The second kappa shape index (κ2) is 10.0. The Bertz CT molecular complexity index is 1050. The van der Waals surface area contributed by atoms with Gasteiger partial charge in [0.05, 0.1) is 17.2 Å². The summed E-state index contributed by atoms with van der Waals surface area (Å²) in [5.41, 5.74) is 1.69. The molecule has 1 fully saturated rings. The zero-order chi connectivity index (χ0) is 24.2. The predicted molar refractivity (Wildman–Crippen MR) is 126 cm³/mol. The van der Waals surface area contributed by atoms with Crippen LogP contribution in [0.1, 0.15) is 55.1 Å². The molecule has 2 aromatic rings. The van der Waals surface area contributed by atoms with Gasteiger partial charge in [-0.3, -0.25) is 9.59 Å². The molecule has 3 rings (SSSR count). The molecule has 1 aliphatic heterocycles. The van der Waals surface area contributed by atoms with Crippen molar-refractivity contribution in [1.82, 2.24) is 10.2 Å². The number of nitrogens with one attached hydrogen (secondary N) is 2. The fourth-order valence-corrected chi connectivity index (χ4v) is 4.07. The summed E-state index contributed by atoms with van der Waals surface area (Å²) in [6.07, 6.45) is 1.48. The molecule has 2 amide bonds. The highest BCUT2D eigenvalue weighted by Gasteiger charge is 2.36. The molecule has 0 unspecified atom stereocenters. The molecule has 1 aliphatic rings. The molecule has 0 radical (unpaired) electrons. The monoisotopic (exact) mass is 450 g/mol. The molecule has 1 heterocycles. The lowest BCUT2D eigenvalue weighted by Crippen LogP contribution is -2.56. The molecule has 1 saturated heterocycles. The summed E-state index contributed by atoms with van der Waals surface area (Å²) in [5, 5.41) is 15.2. The van der Waals surface area contributed by atoms with E-state index in [9.17, 15) is 14.0 Å². The van der Waals surface area contributed by atoms with Gasteiger partial charge in [0.1, 0.15) is 11.9 Å². The molecule has 33 heavy (non-hydrogen) atoms. The van der Waals surface area contributed by atoms with Crippen LogP contribution < -0.4 is 10.6 Å². The Hall–Kier alpha value is -3.40. The number of hydrogen-bond donors (Lipinski definition) is 2. The van der Waals surface area contributed by atoms with Crippen LogP contribution >= 0.6 is 0 Å². The number of nitrogens with zero attached hydrogens (tertiary/aromatic N) is 2. The Kier molecular flexibility index (Phi) is 7.37. The van der Waals surface area contributed by atoms with Crippen LogP contribution in [0.25, 0.3) is 0 Å². The number of amides is 2. The van der Waals surface area contributed by atoms with Gasteiger partial charge in [0.15, 0.2) is 0 Å². The zero-order valence-corrected chi connectivity index (χ0v) is 19.6. The van der Waals surface area contributed by atoms with Crippen molar-refractivity contribution in [2.75, 3.05) is 18.4 Å². The third kappa shape index (κ3) is 5.70. The van der Waals surface area contributed by atoms with E-state index in [0.717, 1.165) is 18.5 Å². The third-order valence-electron chi connectivity index (χ3n) is 6.29. The van der Waals surface area contributed by atoms with E-state index in [1.165, 1.54) is 6.07 Å². The van der Waals surface area contributed by atoms with E-state index in [1.54, 1.807) is 36.1 Å². The highest BCUT2D eigenvalue weighted by molar-refractivity contribution is 5.98. The predicted octanol–water partition coefficient (Wildman–Crippen LogP) is 4.25. The first kappa shape index (κ1) is 24.2. The molecular weight excluding hydrogens is 419 g/mol. The van der Waals surface area contributed by atoms with E-state index in [1.807, 2.05) is 26.0 Å². The summed E-state index contributed by atoms with van der Waals surface area (Å²) in [5.74, 6) is -1.42. The molecule has 1 atom stereocenters. The summed E-state index contributed by atoms with van der Waals surface area (Å²) in [4.78, 5) is 27.8. The van der Waals surface area contributed by atoms with Crippen molar-refractivity contribution in [2.24, 2.45) is 5.92 Å². The van der Waals surface area contributed by atoms with Gasteiger partial charge in [0.2, 0.25) is 5.91 Å². The number of nitriles is 1. The second-order valence-electron chi connectivity index (χ2n) is 9.33. The molecule has 0 aromatic heterocycles. The summed E-state index contributed by atoms with van der Waals surface area (Å²) in [6, 6.07) is 13.4. The Morgan fingerprint density at radius 3 is 2.33 bits per heavy atom. The normalized spacial score (nSPS) is 16.1. The maximum atomic E-state index is 14.4. The van der Waals surface area contributed by atoms with E-state index in [4.69, 9.17) is 5.26 Å². The van der Waals surface area contributed by atoms with Crippen molar-refractivity contribution in [2.45, 2.75) is 52.1 Å². The minimum Gasteiger partial charge on any atom is -0.380 e. The molecule has 7 heteroatoms. The lowest BCUT2D eigenvalue weighted by Gasteiger charge is -2.42. The average Bonchev–Trinajstić information content (AvgIpc) is 2.79. The van der Waals surface area contributed by atoms with Crippen molar-refractivity contribution in [1.29, 1.82) is 5.26 Å². The number of hydrogen-bond acceptors (Lipinski definition) is 4. The van der Waals surface area contributed by atoms with Gasteiger partial charge in [-0.25, -0.2) is 4.39 Å². The molecular formula is C26H31FN4O2. The lowest BCUT2D eigenvalue weighted by atomic mass is 9.88. The molecule has 6 nitrogen and oxygen atoms in total. The minimum absolute atomic E-state index is 0.0497. The molecule has 174 valence electrons. The van der Waals surface area contributed by atoms with Gasteiger partial charge < -0.3 is 15.5 Å². The molecule has 0 saturated carbocycles. The first-order valence-corrected chi connectivity index (χ1v) is 11.3. The third-order valence-corrected chi connectivity index (χ3v) is 6.29. The summed E-state index contributed by atoms with van der Waals surface area (Å²) >= 11 is 0. The van der Waals surface area contributed by atoms with Crippen LogP contribution in [0.4, 0.5) is 10.1 Å². The molecule has 2 aromatic carbocycles. The van der Waals surface area contributed by atoms with Crippen LogP contribution in [-0.2, 0) is 4.79 Å².